The van der Waals surface area contributed by atoms with Gasteiger partial charge in [-0.2, -0.15) is 0 Å². The maximum absolute atomic E-state index is 11.7. The predicted octanol–water partition coefficient (Wildman–Crippen LogP) is 0.457. The van der Waals surface area contributed by atoms with Crippen molar-refractivity contribution in [2.75, 3.05) is 13.6 Å². The summed E-state index contributed by atoms with van der Waals surface area (Å²) < 4.78 is 0. The van der Waals surface area contributed by atoms with Crippen molar-refractivity contribution in [2.24, 2.45) is 11.3 Å². The highest BCUT2D eigenvalue weighted by atomic mass is 16.4. The first-order chi connectivity index (χ1) is 7.20. The third kappa shape index (κ3) is 4.61. The van der Waals surface area contributed by atoms with Crippen molar-refractivity contribution in [1.82, 2.24) is 10.6 Å². The monoisotopic (exact) mass is 230 g/mol. The Bertz CT molecular complexity index is 258. The van der Waals surface area contributed by atoms with E-state index in [4.69, 9.17) is 5.11 Å². The molecule has 0 bridgehead atoms. The van der Waals surface area contributed by atoms with Crippen molar-refractivity contribution in [3.05, 3.63) is 0 Å². The number of carboxylic acids is 1. The van der Waals surface area contributed by atoms with Gasteiger partial charge in [0.1, 0.15) is 6.04 Å². The van der Waals surface area contributed by atoms with Gasteiger partial charge in [-0.05, 0) is 12.5 Å². The van der Waals surface area contributed by atoms with E-state index in [-0.39, 0.29) is 11.8 Å². The molecule has 0 rings (SSSR count). The average Bonchev–Trinajstić information content (AvgIpc) is 2.11. The molecule has 94 valence electrons. The van der Waals surface area contributed by atoms with E-state index in [9.17, 15) is 9.59 Å². The molecular weight excluding hydrogens is 208 g/mol. The van der Waals surface area contributed by atoms with Gasteiger partial charge < -0.3 is 15.7 Å². The van der Waals surface area contributed by atoms with E-state index in [0.717, 1.165) is 0 Å². The van der Waals surface area contributed by atoms with Crippen LogP contribution in [0.1, 0.15) is 27.7 Å². The fourth-order valence-electron chi connectivity index (χ4n) is 1.33. The van der Waals surface area contributed by atoms with E-state index in [0.29, 0.717) is 6.54 Å². The zero-order chi connectivity index (χ0) is 12.9. The summed E-state index contributed by atoms with van der Waals surface area (Å²) in [5, 5.41) is 14.5. The quantitative estimate of drug-likeness (QED) is 0.641. The summed E-state index contributed by atoms with van der Waals surface area (Å²) in [4.78, 5) is 22.7. The van der Waals surface area contributed by atoms with Crippen LogP contribution in [0, 0.1) is 11.3 Å². The topological polar surface area (TPSA) is 78.4 Å². The third-order valence-electron chi connectivity index (χ3n) is 2.36. The van der Waals surface area contributed by atoms with Crippen LogP contribution in [0.5, 0.6) is 0 Å². The number of carbonyl (C=O) groups is 2. The second-order valence-corrected chi connectivity index (χ2v) is 5.10. The Balaban J connectivity index is 4.54. The van der Waals surface area contributed by atoms with Crippen LogP contribution in [0.4, 0.5) is 0 Å². The lowest BCUT2D eigenvalue weighted by Gasteiger charge is -2.28. The van der Waals surface area contributed by atoms with E-state index in [2.05, 4.69) is 10.6 Å². The summed E-state index contributed by atoms with van der Waals surface area (Å²) in [7, 11) is 1.75. The van der Waals surface area contributed by atoms with E-state index < -0.39 is 17.4 Å². The molecule has 0 spiro atoms. The van der Waals surface area contributed by atoms with Crippen molar-refractivity contribution in [1.29, 1.82) is 0 Å². The lowest BCUT2D eigenvalue weighted by atomic mass is 9.86. The minimum atomic E-state index is -1.00. The minimum absolute atomic E-state index is 0.239. The van der Waals surface area contributed by atoms with Gasteiger partial charge in [-0.3, -0.25) is 4.79 Å². The van der Waals surface area contributed by atoms with Crippen molar-refractivity contribution in [3.8, 4) is 0 Å². The van der Waals surface area contributed by atoms with Gasteiger partial charge >= 0.3 is 5.97 Å². The fourth-order valence-corrected chi connectivity index (χ4v) is 1.33. The summed E-state index contributed by atoms with van der Waals surface area (Å²) in [6, 6.07) is -0.862. The lowest BCUT2D eigenvalue weighted by molar-refractivity contribution is -0.145. The Morgan fingerprint density at radius 3 is 2.12 bits per heavy atom. The van der Waals surface area contributed by atoms with Gasteiger partial charge in [-0.25, -0.2) is 4.79 Å². The Morgan fingerprint density at radius 1 is 1.31 bits per heavy atom. The molecule has 5 nitrogen and oxygen atoms in total. The van der Waals surface area contributed by atoms with E-state index >= 15 is 0 Å². The van der Waals surface area contributed by atoms with Crippen LogP contribution in [0.3, 0.4) is 0 Å². The molecule has 1 unspecified atom stereocenters. The molecule has 0 heterocycles. The molecule has 0 radical (unpaired) electrons. The van der Waals surface area contributed by atoms with Gasteiger partial charge in [-0.1, -0.05) is 27.7 Å². The summed E-state index contributed by atoms with van der Waals surface area (Å²) in [6.07, 6.45) is 0. The molecule has 0 aromatic carbocycles. The Kier molecular flexibility index (Phi) is 5.44. The Hall–Kier alpha value is -1.10. The summed E-state index contributed by atoms with van der Waals surface area (Å²) in [5.74, 6) is -1.48. The van der Waals surface area contributed by atoms with Crippen molar-refractivity contribution >= 4 is 11.9 Å². The normalized spacial score (nSPS) is 15.3. The summed E-state index contributed by atoms with van der Waals surface area (Å²) in [6.45, 7) is 7.65. The number of amides is 1. The SMILES string of the molecule is CNCC(C)C(=O)N[C@H](C(=O)O)C(C)(C)C. The molecule has 3 N–H and O–H groups in total. The highest BCUT2D eigenvalue weighted by Crippen LogP contribution is 2.19. The number of carbonyl (C=O) groups excluding carboxylic acids is 1. The van der Waals surface area contributed by atoms with Gasteiger partial charge in [0.25, 0.3) is 0 Å². The second-order valence-electron chi connectivity index (χ2n) is 5.10. The number of aliphatic carboxylic acids is 1. The number of nitrogens with one attached hydrogen (secondary N) is 2. The maximum atomic E-state index is 11.7. The minimum Gasteiger partial charge on any atom is -0.480 e. The van der Waals surface area contributed by atoms with Gasteiger partial charge in [0.05, 0.1) is 0 Å². The molecule has 0 aliphatic heterocycles. The molecule has 5 heteroatoms. The van der Waals surface area contributed by atoms with Crippen molar-refractivity contribution in [2.45, 2.75) is 33.7 Å². The molecule has 0 aromatic rings. The van der Waals surface area contributed by atoms with Crippen LogP contribution in [0.2, 0.25) is 0 Å². The number of hydrogen-bond donors (Lipinski definition) is 3. The molecule has 0 fully saturated rings. The zero-order valence-electron chi connectivity index (χ0n) is 10.6. The van der Waals surface area contributed by atoms with Crippen LogP contribution in [0.15, 0.2) is 0 Å². The molecule has 0 saturated heterocycles. The first-order valence-corrected chi connectivity index (χ1v) is 5.38. The average molecular weight is 230 g/mol. The molecule has 0 saturated carbocycles. The van der Waals surface area contributed by atoms with Crippen LogP contribution in [-0.4, -0.2) is 36.6 Å². The van der Waals surface area contributed by atoms with Gasteiger partial charge in [-0.15, -0.1) is 0 Å². The Labute approximate surface area is 96.6 Å². The molecule has 2 atom stereocenters. The van der Waals surface area contributed by atoms with Crippen LogP contribution in [-0.2, 0) is 9.59 Å². The molecule has 0 aliphatic carbocycles. The first kappa shape index (κ1) is 14.9. The Morgan fingerprint density at radius 2 is 1.81 bits per heavy atom. The number of rotatable bonds is 5. The van der Waals surface area contributed by atoms with Crippen LogP contribution in [0.25, 0.3) is 0 Å². The van der Waals surface area contributed by atoms with Gasteiger partial charge in [0.15, 0.2) is 0 Å². The smallest absolute Gasteiger partial charge is 0.326 e. The summed E-state index contributed by atoms with van der Waals surface area (Å²) in [5.41, 5.74) is -0.499. The van der Waals surface area contributed by atoms with Gasteiger partial charge in [0.2, 0.25) is 5.91 Å². The highest BCUT2D eigenvalue weighted by molar-refractivity contribution is 5.85. The molecule has 0 aliphatic rings. The second kappa shape index (κ2) is 5.84. The van der Waals surface area contributed by atoms with E-state index in [1.165, 1.54) is 0 Å². The van der Waals surface area contributed by atoms with Gasteiger partial charge in [0, 0.05) is 12.5 Å². The molecule has 0 aromatic heterocycles. The number of carboxylic acid groups (broad SMARTS) is 1. The number of hydrogen-bond acceptors (Lipinski definition) is 3. The zero-order valence-corrected chi connectivity index (χ0v) is 10.6. The first-order valence-electron chi connectivity index (χ1n) is 5.38. The molecule has 16 heavy (non-hydrogen) atoms. The highest BCUT2D eigenvalue weighted by Gasteiger charge is 2.33. The largest absolute Gasteiger partial charge is 0.480 e. The lowest BCUT2D eigenvalue weighted by Crippen LogP contribution is -2.51. The van der Waals surface area contributed by atoms with E-state index in [1.54, 1.807) is 34.7 Å². The van der Waals surface area contributed by atoms with Crippen molar-refractivity contribution < 1.29 is 14.7 Å². The van der Waals surface area contributed by atoms with Crippen LogP contribution < -0.4 is 10.6 Å². The van der Waals surface area contributed by atoms with Crippen molar-refractivity contribution in [3.63, 3.8) is 0 Å². The van der Waals surface area contributed by atoms with E-state index in [1.807, 2.05) is 0 Å². The summed E-state index contributed by atoms with van der Waals surface area (Å²) >= 11 is 0. The maximum Gasteiger partial charge on any atom is 0.326 e. The third-order valence-corrected chi connectivity index (χ3v) is 2.36. The molecular formula is C11H22N2O3. The predicted molar refractivity (Wildman–Crippen MR) is 62.1 cm³/mol. The van der Waals surface area contributed by atoms with Crippen LogP contribution >= 0.6 is 0 Å². The fraction of sp³-hybridized carbons (Fsp3) is 0.818. The standard InChI is InChI=1S/C11H22N2O3/c1-7(6-12-5)9(14)13-8(10(15)16)11(2,3)4/h7-8,12H,6H2,1-5H3,(H,13,14)(H,15,16)/t7?,8-/m1/s1. The molecule has 1 amide bonds.